The lowest BCUT2D eigenvalue weighted by atomic mass is 10.0. The summed E-state index contributed by atoms with van der Waals surface area (Å²) in [4.78, 5) is 25.4. The molecule has 0 aliphatic carbocycles. The molecule has 388 valence electrons. The zero-order valence-corrected chi connectivity index (χ0v) is 45.0. The number of phosphoric ester groups is 1. The van der Waals surface area contributed by atoms with Crippen LogP contribution in [0.3, 0.4) is 0 Å². The Morgan fingerprint density at radius 3 is 1.35 bits per heavy atom. The van der Waals surface area contributed by atoms with E-state index in [1.165, 1.54) is 180 Å². The first-order valence-electron chi connectivity index (χ1n) is 28.0. The van der Waals surface area contributed by atoms with Crippen LogP contribution in [0.5, 0.6) is 0 Å². The van der Waals surface area contributed by atoms with Gasteiger partial charge in [-0.1, -0.05) is 236 Å². The molecule has 0 rings (SSSR count). The molecule has 66 heavy (non-hydrogen) atoms. The van der Waals surface area contributed by atoms with Gasteiger partial charge >= 0.3 is 0 Å². The van der Waals surface area contributed by atoms with Crippen molar-refractivity contribution >= 4 is 13.7 Å². The minimum atomic E-state index is -4.61. The van der Waals surface area contributed by atoms with E-state index in [1.54, 1.807) is 6.08 Å². The van der Waals surface area contributed by atoms with E-state index >= 15 is 0 Å². The lowest BCUT2D eigenvalue weighted by molar-refractivity contribution is -0.870. The van der Waals surface area contributed by atoms with E-state index in [2.05, 4.69) is 55.6 Å². The SMILES string of the molecule is CCCCC/C=C\C/C=C\CCCCCCCCCC(=O)NC(COP(=O)([O-])OCC[N+](C)(C)C)C(O)/C=C/CC/C=C/CCCCCCCCCCCCCCCCCCCCCCC. The molecule has 8 nitrogen and oxygen atoms in total. The van der Waals surface area contributed by atoms with Gasteiger partial charge in [-0.05, 0) is 64.2 Å². The largest absolute Gasteiger partial charge is 0.756 e. The van der Waals surface area contributed by atoms with Crippen molar-refractivity contribution in [3.63, 3.8) is 0 Å². The second-order valence-electron chi connectivity index (χ2n) is 20.3. The molecule has 1 amide bonds. The quantitative estimate of drug-likeness (QED) is 0.0272. The normalized spacial score (nSPS) is 14.3. The number of hydrogen-bond acceptors (Lipinski definition) is 6. The van der Waals surface area contributed by atoms with Crippen molar-refractivity contribution < 1.29 is 32.9 Å². The Morgan fingerprint density at radius 2 is 0.894 bits per heavy atom. The number of likely N-dealkylation sites (N-methyl/N-ethyl adjacent to an activating group) is 1. The fourth-order valence-corrected chi connectivity index (χ4v) is 8.81. The maximum absolute atomic E-state index is 12.9. The first-order valence-corrected chi connectivity index (χ1v) is 29.5. The number of nitrogens with zero attached hydrogens (tertiary/aromatic N) is 1. The molecule has 0 spiro atoms. The topological polar surface area (TPSA) is 108 Å². The number of carbonyl (C=O) groups excluding carboxylic acids is 1. The van der Waals surface area contributed by atoms with E-state index in [-0.39, 0.29) is 12.5 Å². The Kier molecular flexibility index (Phi) is 47.4. The third-order valence-corrected chi connectivity index (χ3v) is 13.5. The third-order valence-electron chi connectivity index (χ3n) is 12.5. The van der Waals surface area contributed by atoms with Crippen LogP contribution >= 0.6 is 7.82 Å². The summed E-state index contributed by atoms with van der Waals surface area (Å²) in [7, 11) is 1.24. The van der Waals surface area contributed by atoms with Crippen molar-refractivity contribution in [3.05, 3.63) is 48.6 Å². The van der Waals surface area contributed by atoms with Gasteiger partial charge in [-0.25, -0.2) is 0 Å². The Bertz CT molecular complexity index is 1210. The van der Waals surface area contributed by atoms with Crippen molar-refractivity contribution in [2.75, 3.05) is 40.9 Å². The number of aliphatic hydroxyl groups is 1. The van der Waals surface area contributed by atoms with Crippen molar-refractivity contribution in [3.8, 4) is 0 Å². The Balaban J connectivity index is 4.25. The molecule has 9 heteroatoms. The second kappa shape index (κ2) is 48.5. The molecule has 0 aliphatic rings. The van der Waals surface area contributed by atoms with Gasteiger partial charge in [-0.3, -0.25) is 9.36 Å². The van der Waals surface area contributed by atoms with Crippen molar-refractivity contribution in [2.45, 2.75) is 270 Å². The van der Waals surface area contributed by atoms with Crippen LogP contribution in [0.4, 0.5) is 0 Å². The number of quaternary nitrogens is 1. The smallest absolute Gasteiger partial charge is 0.268 e. The van der Waals surface area contributed by atoms with Crippen LogP contribution in [0.2, 0.25) is 0 Å². The molecule has 3 atom stereocenters. The van der Waals surface area contributed by atoms with Gasteiger partial charge in [0.2, 0.25) is 5.91 Å². The van der Waals surface area contributed by atoms with Crippen LogP contribution in [-0.4, -0.2) is 68.5 Å². The minimum Gasteiger partial charge on any atom is -0.756 e. The van der Waals surface area contributed by atoms with Gasteiger partial charge in [-0.15, -0.1) is 0 Å². The van der Waals surface area contributed by atoms with Gasteiger partial charge in [0.25, 0.3) is 7.82 Å². The predicted molar refractivity (Wildman–Crippen MR) is 284 cm³/mol. The molecule has 0 aromatic heterocycles. The number of carbonyl (C=O) groups is 1. The lowest BCUT2D eigenvalue weighted by Crippen LogP contribution is -2.45. The van der Waals surface area contributed by atoms with Gasteiger partial charge in [-0.2, -0.15) is 0 Å². The molecule has 0 saturated heterocycles. The number of aliphatic hydroxyl groups excluding tert-OH is 1. The molecule has 0 aliphatic heterocycles. The highest BCUT2D eigenvalue weighted by Gasteiger charge is 2.23. The molecular weight excluding hydrogens is 840 g/mol. The van der Waals surface area contributed by atoms with Crippen LogP contribution in [0, 0.1) is 0 Å². The standard InChI is InChI=1S/C57H109N2O6P/c1-6-8-10-12-14-16-18-20-22-24-25-26-27-28-29-30-31-32-33-35-36-38-40-42-44-46-48-50-56(60)55(54-65-66(62,63)64-53-52-59(3,4)5)58-57(61)51-49-47-45-43-41-39-37-34-23-21-19-17-15-13-11-9-7-2/h15,17,21,23,40,42,48,50,55-56,60H,6-14,16,18-20,22,24-39,41,43-47,49,51-54H2,1-5H3,(H-,58,61,62,63)/b17-15-,23-21-,42-40+,50-48+. The number of allylic oxidation sites excluding steroid dienone is 7. The van der Waals surface area contributed by atoms with Crippen molar-refractivity contribution in [1.82, 2.24) is 5.32 Å². The Morgan fingerprint density at radius 1 is 0.530 bits per heavy atom. The number of phosphoric acid groups is 1. The first kappa shape index (κ1) is 64.5. The summed E-state index contributed by atoms with van der Waals surface area (Å²) in [5.74, 6) is -0.214. The summed E-state index contributed by atoms with van der Waals surface area (Å²) in [5, 5.41) is 13.8. The van der Waals surface area contributed by atoms with Crippen LogP contribution in [0.25, 0.3) is 0 Å². The predicted octanol–water partition coefficient (Wildman–Crippen LogP) is 16.1. The number of unbranched alkanes of at least 4 members (excludes halogenated alkanes) is 32. The molecule has 2 N–H and O–H groups in total. The maximum Gasteiger partial charge on any atom is 0.268 e. The Labute approximate surface area is 409 Å². The molecule has 0 heterocycles. The number of hydrogen-bond donors (Lipinski definition) is 2. The molecule has 0 fully saturated rings. The molecule has 3 unspecified atom stereocenters. The van der Waals surface area contributed by atoms with E-state index in [0.29, 0.717) is 17.4 Å². The maximum atomic E-state index is 12.9. The van der Waals surface area contributed by atoms with E-state index in [1.807, 2.05) is 27.2 Å². The molecule has 0 radical (unpaired) electrons. The third kappa shape index (κ3) is 50.3. The van der Waals surface area contributed by atoms with Gasteiger partial charge < -0.3 is 28.8 Å². The van der Waals surface area contributed by atoms with Crippen LogP contribution in [-0.2, 0) is 18.4 Å². The highest BCUT2D eigenvalue weighted by atomic mass is 31.2. The zero-order chi connectivity index (χ0) is 48.5. The fourth-order valence-electron chi connectivity index (χ4n) is 8.08. The molecule has 0 saturated carbocycles. The van der Waals surface area contributed by atoms with Gasteiger partial charge in [0, 0.05) is 6.42 Å². The van der Waals surface area contributed by atoms with Crippen LogP contribution in [0.1, 0.15) is 258 Å². The molecule has 0 aromatic rings. The summed E-state index contributed by atoms with van der Waals surface area (Å²) in [5.41, 5.74) is 0. The summed E-state index contributed by atoms with van der Waals surface area (Å²) in [6.07, 6.45) is 63.3. The highest BCUT2D eigenvalue weighted by Crippen LogP contribution is 2.38. The molecule has 0 bridgehead atoms. The zero-order valence-electron chi connectivity index (χ0n) is 44.1. The molecule has 0 aromatic carbocycles. The first-order chi connectivity index (χ1) is 32.0. The van der Waals surface area contributed by atoms with E-state index in [9.17, 15) is 19.4 Å². The summed E-state index contributed by atoms with van der Waals surface area (Å²) in [6.45, 7) is 4.62. The minimum absolute atomic E-state index is 0.00887. The fraction of sp³-hybridized carbons (Fsp3) is 0.842. The summed E-state index contributed by atoms with van der Waals surface area (Å²) < 4.78 is 23.3. The van der Waals surface area contributed by atoms with E-state index < -0.39 is 26.6 Å². The van der Waals surface area contributed by atoms with E-state index in [0.717, 1.165) is 57.8 Å². The lowest BCUT2D eigenvalue weighted by Gasteiger charge is -2.29. The number of amides is 1. The van der Waals surface area contributed by atoms with Gasteiger partial charge in [0.05, 0.1) is 39.9 Å². The van der Waals surface area contributed by atoms with E-state index in [4.69, 9.17) is 9.05 Å². The number of nitrogens with one attached hydrogen (secondary N) is 1. The highest BCUT2D eigenvalue weighted by molar-refractivity contribution is 7.45. The Hall–Kier alpha value is -1.54. The van der Waals surface area contributed by atoms with Crippen LogP contribution < -0.4 is 10.2 Å². The summed E-state index contributed by atoms with van der Waals surface area (Å²) in [6, 6.07) is -0.909. The second-order valence-corrected chi connectivity index (χ2v) is 21.7. The average Bonchev–Trinajstić information content (AvgIpc) is 3.28. The van der Waals surface area contributed by atoms with Crippen LogP contribution in [0.15, 0.2) is 48.6 Å². The van der Waals surface area contributed by atoms with Crippen molar-refractivity contribution in [1.29, 1.82) is 0 Å². The monoisotopic (exact) mass is 949 g/mol. The van der Waals surface area contributed by atoms with Gasteiger partial charge in [0.1, 0.15) is 13.2 Å². The van der Waals surface area contributed by atoms with Crippen molar-refractivity contribution in [2.24, 2.45) is 0 Å². The average molecular weight is 949 g/mol. The number of rotatable bonds is 51. The summed E-state index contributed by atoms with van der Waals surface area (Å²) >= 11 is 0. The molecular formula is C57H109N2O6P. The van der Waals surface area contributed by atoms with Gasteiger partial charge in [0.15, 0.2) is 0 Å².